The molecule has 3 amide bonds. The molecule has 2 fully saturated rings. The number of nitrogens with one attached hydrogen (secondary N) is 2. The maximum atomic E-state index is 15.8. The molecule has 15 nitrogen and oxygen atoms in total. The lowest BCUT2D eigenvalue weighted by atomic mass is 9.85. The Labute approximate surface area is 438 Å². The minimum absolute atomic E-state index is 0.0190. The number of pyridine rings is 1. The van der Waals surface area contributed by atoms with Gasteiger partial charge in [0.15, 0.2) is 28.3 Å². The number of benzene rings is 3. The Kier molecular flexibility index (Phi) is 15.3. The molecule has 2 aromatic heterocycles. The number of likely N-dealkylation sites (tertiary alicyclic amines) is 1. The number of hydrogen-bond acceptors (Lipinski definition) is 13. The number of amides is 3. The number of unbranched alkanes of at least 4 members (excludes halogenated alkanes) is 1. The average Bonchev–Trinajstić information content (AvgIpc) is 4.08. The Bertz CT molecular complexity index is 3110. The molecule has 75 heavy (non-hydrogen) atoms. The van der Waals surface area contributed by atoms with Gasteiger partial charge in [0.05, 0.1) is 75.4 Å². The summed E-state index contributed by atoms with van der Waals surface area (Å²) >= 11 is 7.00. The van der Waals surface area contributed by atoms with E-state index in [2.05, 4.69) is 31.6 Å². The van der Waals surface area contributed by atoms with Gasteiger partial charge in [-0.25, -0.2) is 18.2 Å². The van der Waals surface area contributed by atoms with Gasteiger partial charge in [-0.05, 0) is 106 Å². The van der Waals surface area contributed by atoms with E-state index in [-0.39, 0.29) is 61.1 Å². The van der Waals surface area contributed by atoms with E-state index < -0.39 is 86.5 Å². The van der Waals surface area contributed by atoms with Crippen molar-refractivity contribution in [2.45, 2.75) is 96.9 Å². The van der Waals surface area contributed by atoms with Crippen LogP contribution >= 0.6 is 23.6 Å². The van der Waals surface area contributed by atoms with Gasteiger partial charge in [-0.1, -0.05) is 26.8 Å². The minimum atomic E-state index is -5.28. The Morgan fingerprint density at radius 2 is 1.73 bits per heavy atom. The molecule has 3 aliphatic heterocycles. The summed E-state index contributed by atoms with van der Waals surface area (Å²) in [6.45, 7) is 10.2. The summed E-state index contributed by atoms with van der Waals surface area (Å²) in [6.07, 6.45) is -4.08. The summed E-state index contributed by atoms with van der Waals surface area (Å²) in [4.78, 5) is 56.2. The topological polar surface area (TPSA) is 176 Å². The zero-order valence-corrected chi connectivity index (χ0v) is 43.4. The molecule has 0 saturated carbocycles. The number of thiazole rings is 1. The lowest BCUT2D eigenvalue weighted by molar-refractivity contribution is -0.141. The van der Waals surface area contributed by atoms with E-state index in [1.807, 2.05) is 52.4 Å². The quantitative estimate of drug-likeness (QED) is 0.0515. The fraction of sp³-hybridized carbons (Fsp3) is 0.404. The third kappa shape index (κ3) is 10.7. The number of aryl methyl sites for hydroxylation is 1. The number of carbonyl (C=O) groups excluding carboxylic acids is 3. The molecule has 0 aliphatic carbocycles. The number of rotatable bonds is 15. The van der Waals surface area contributed by atoms with E-state index in [1.165, 1.54) is 32.0 Å². The van der Waals surface area contributed by atoms with Gasteiger partial charge in [0.1, 0.15) is 35.6 Å². The molecule has 0 bridgehead atoms. The van der Waals surface area contributed by atoms with Crippen LogP contribution in [0.3, 0.4) is 0 Å². The number of carbonyl (C=O) groups is 3. The van der Waals surface area contributed by atoms with Crippen LogP contribution in [0.25, 0.3) is 21.7 Å². The third-order valence-corrected chi connectivity index (χ3v) is 14.7. The summed E-state index contributed by atoms with van der Waals surface area (Å²) < 4.78 is 99.2. The number of aliphatic hydroxyl groups is 1. The summed E-state index contributed by atoms with van der Waals surface area (Å²) in [5.41, 5.74) is -0.818. The molecule has 0 spiro atoms. The lowest BCUT2D eigenvalue weighted by Crippen LogP contribution is -2.59. The number of aliphatic hydroxyl groups excluding tert-OH is 1. The number of aromatic nitrogens is 2. The second-order valence-corrected chi connectivity index (χ2v) is 21.3. The number of β-amino-alcohol motifs (C(OH)–C–C–N with tert-alkyl or cyclic N) is 1. The van der Waals surface area contributed by atoms with Crippen molar-refractivity contribution in [1.82, 2.24) is 20.2 Å². The monoisotopic (exact) mass is 1080 g/mol. The van der Waals surface area contributed by atoms with Crippen molar-refractivity contribution in [2.75, 3.05) is 53.4 Å². The van der Waals surface area contributed by atoms with Crippen LogP contribution in [0.1, 0.15) is 70.7 Å². The highest BCUT2D eigenvalue weighted by Gasteiger charge is 2.53. The highest BCUT2D eigenvalue weighted by Crippen LogP contribution is 2.44. The normalized spacial score (nSPS) is 18.8. The molecule has 396 valence electrons. The third-order valence-electron chi connectivity index (χ3n) is 13.4. The van der Waals surface area contributed by atoms with Crippen LogP contribution in [0, 0.1) is 41.1 Å². The number of thiocarbonyl (C=S) groups is 1. The van der Waals surface area contributed by atoms with Gasteiger partial charge in [-0.3, -0.25) is 24.3 Å². The van der Waals surface area contributed by atoms with E-state index in [9.17, 15) is 37.9 Å². The first-order valence-electron chi connectivity index (χ1n) is 23.8. The number of ether oxygens (including phenoxy) is 2. The van der Waals surface area contributed by atoms with E-state index >= 15 is 13.2 Å². The van der Waals surface area contributed by atoms with Crippen LogP contribution in [-0.2, 0) is 25.3 Å². The van der Waals surface area contributed by atoms with Crippen molar-refractivity contribution in [3.8, 4) is 33.5 Å². The first-order valence-corrected chi connectivity index (χ1v) is 25.1. The molecular formula is C52H53F6N9O6S2. The standard InChI is InChI=1S/C52H53F6N9O6S2/c1-27-44(75-26-61-27)29-10-13-35-37(19-29)64(7)46(62-35)38-21-32(68)24-65(38)47(70)45(50(2,3)4)63-40(69)25-72-16-8-9-17-73-39-15-12-28(18-33(39)53)43-34(54)20-31(23-60-43)67-49(74)66(48(71)51(67,5)6)36-14-11-30(22-59)41(42(36)55)52(56,57)58/h10-15,18-20,23,26,32,38,45-46,62,68H,8-9,16-17,21,24-25H2,1-7H3,(H,63,69)/t32-,38+,45-,46?/m1/s1. The van der Waals surface area contributed by atoms with Crippen molar-refractivity contribution in [1.29, 1.82) is 5.26 Å². The second kappa shape index (κ2) is 21.0. The number of hydrogen-bond donors (Lipinski definition) is 3. The molecule has 3 N–H and O–H groups in total. The van der Waals surface area contributed by atoms with Crippen LogP contribution in [0.5, 0.6) is 5.75 Å². The van der Waals surface area contributed by atoms with Gasteiger partial charge >= 0.3 is 6.18 Å². The molecule has 3 aromatic carbocycles. The Balaban J connectivity index is 0.818. The van der Waals surface area contributed by atoms with Crippen LogP contribution in [0.15, 0.2) is 66.3 Å². The summed E-state index contributed by atoms with van der Waals surface area (Å²) in [5.74, 6) is -5.59. The van der Waals surface area contributed by atoms with Crippen molar-refractivity contribution in [3.63, 3.8) is 0 Å². The Morgan fingerprint density at radius 1 is 1.01 bits per heavy atom. The number of halogens is 6. The zero-order valence-electron chi connectivity index (χ0n) is 41.8. The Hall–Kier alpha value is -6.87. The largest absolute Gasteiger partial charge is 0.491 e. The molecule has 0 radical (unpaired) electrons. The molecule has 5 heterocycles. The molecule has 8 rings (SSSR count). The van der Waals surface area contributed by atoms with Crippen molar-refractivity contribution in [3.05, 3.63) is 101 Å². The number of fused-ring (bicyclic) bond motifs is 1. The van der Waals surface area contributed by atoms with Gasteiger partial charge in [-0.2, -0.15) is 18.4 Å². The Morgan fingerprint density at radius 3 is 2.39 bits per heavy atom. The number of anilines is 4. The van der Waals surface area contributed by atoms with Gasteiger partial charge in [0.2, 0.25) is 11.8 Å². The van der Waals surface area contributed by atoms with Gasteiger partial charge < -0.3 is 39.9 Å². The van der Waals surface area contributed by atoms with Crippen LogP contribution in [0.2, 0.25) is 0 Å². The van der Waals surface area contributed by atoms with Crippen LogP contribution in [0.4, 0.5) is 49.1 Å². The van der Waals surface area contributed by atoms with Crippen molar-refractivity contribution >= 4 is 69.1 Å². The predicted molar refractivity (Wildman–Crippen MR) is 274 cm³/mol. The summed E-state index contributed by atoms with van der Waals surface area (Å²) in [6, 6.07) is 12.3. The molecular weight excluding hydrogens is 1020 g/mol. The molecule has 4 atom stereocenters. The fourth-order valence-electron chi connectivity index (χ4n) is 9.57. The van der Waals surface area contributed by atoms with Gasteiger partial charge in [-0.15, -0.1) is 11.3 Å². The maximum absolute atomic E-state index is 15.8. The molecule has 2 saturated heterocycles. The molecule has 5 aromatic rings. The van der Waals surface area contributed by atoms with E-state index in [1.54, 1.807) is 16.2 Å². The molecule has 3 aliphatic rings. The SMILES string of the molecule is Cc1ncsc1-c1ccc2c(c1)N(C)C([C@@H]1C[C@@H](O)CN1C(=O)[C@@H](NC(=O)COCCCCOc1ccc(-c3ncc(N4C(=S)N(c5ccc(C#N)c(C(F)(F)F)c5F)C(=O)C4(C)C)cc3F)cc1F)C(C)(C)C)N2. The van der Waals surface area contributed by atoms with Crippen molar-refractivity contribution in [2.24, 2.45) is 5.41 Å². The summed E-state index contributed by atoms with van der Waals surface area (Å²) in [5, 5.41) is 26.0. The average molecular weight is 1080 g/mol. The van der Waals surface area contributed by atoms with Gasteiger partial charge in [0, 0.05) is 31.8 Å². The van der Waals surface area contributed by atoms with Crippen LogP contribution in [-0.4, -0.2) is 106 Å². The minimum Gasteiger partial charge on any atom is -0.491 e. The molecule has 23 heteroatoms. The van der Waals surface area contributed by atoms with Gasteiger partial charge in [0.25, 0.3) is 5.91 Å². The molecule has 1 unspecified atom stereocenters. The number of nitrogens with zero attached hydrogens (tertiary/aromatic N) is 7. The highest BCUT2D eigenvalue weighted by atomic mass is 32.1. The highest BCUT2D eigenvalue weighted by molar-refractivity contribution is 7.81. The number of likely N-dealkylation sites (N-methyl/N-ethyl adjacent to an activating group) is 1. The van der Waals surface area contributed by atoms with E-state index in [0.717, 1.165) is 62.9 Å². The van der Waals surface area contributed by atoms with Crippen molar-refractivity contribution < 1.29 is 55.3 Å². The second-order valence-electron chi connectivity index (χ2n) is 20.0. The smallest absolute Gasteiger partial charge is 0.420 e. The summed E-state index contributed by atoms with van der Waals surface area (Å²) in [7, 11) is 1.95. The first-order chi connectivity index (χ1) is 35.3. The van der Waals surface area contributed by atoms with E-state index in [4.69, 9.17) is 21.7 Å². The van der Waals surface area contributed by atoms with Crippen LogP contribution < -0.4 is 30.1 Å². The predicted octanol–water partition coefficient (Wildman–Crippen LogP) is 8.96. The number of nitriles is 1. The lowest BCUT2D eigenvalue weighted by Gasteiger charge is -2.38. The first kappa shape index (κ1) is 54.4. The maximum Gasteiger partial charge on any atom is 0.420 e. The fourth-order valence-corrected chi connectivity index (χ4v) is 10.9. The van der Waals surface area contributed by atoms with E-state index in [0.29, 0.717) is 24.2 Å². The number of alkyl halides is 3. The zero-order chi connectivity index (χ0) is 54.5.